The third kappa shape index (κ3) is 6.14. The molecule has 59 heavy (non-hydrogen) atoms. The van der Waals surface area contributed by atoms with Crippen molar-refractivity contribution >= 4 is 63.9 Å². The number of hydrogen-bond acceptors (Lipinski definition) is 10. The number of halogens is 2. The molecule has 3 aliphatic heterocycles. The molecule has 4 amide bonds. The number of morpholine rings is 1. The average Bonchev–Trinajstić information content (AvgIpc) is 3.63. The maximum absolute atomic E-state index is 15.6. The van der Waals surface area contributed by atoms with Crippen LogP contribution in [-0.4, -0.2) is 73.8 Å². The summed E-state index contributed by atoms with van der Waals surface area (Å²) in [6.07, 6.45) is 2.24. The molecular formula is C45H42Cl2N4O8. The lowest BCUT2D eigenvalue weighted by atomic mass is 9.49. The summed E-state index contributed by atoms with van der Waals surface area (Å²) < 4.78 is 16.9. The number of imide groups is 2. The lowest BCUT2D eigenvalue weighted by molar-refractivity contribution is -0.138. The molecule has 6 atom stereocenters. The molecule has 1 saturated carbocycles. The van der Waals surface area contributed by atoms with Crippen LogP contribution >= 0.6 is 23.2 Å². The summed E-state index contributed by atoms with van der Waals surface area (Å²) in [5, 5.41) is 13.6. The third-order valence-electron chi connectivity index (χ3n) is 12.7. The summed E-state index contributed by atoms with van der Waals surface area (Å²) in [6.45, 7) is 4.79. The maximum Gasteiger partial charge on any atom is 0.260 e. The Kier molecular flexibility index (Phi) is 10.1. The van der Waals surface area contributed by atoms with Gasteiger partial charge in [-0.1, -0.05) is 59.1 Å². The van der Waals surface area contributed by atoms with Gasteiger partial charge in [-0.2, -0.15) is 5.01 Å². The van der Waals surface area contributed by atoms with E-state index >= 15 is 9.59 Å². The molecule has 3 heterocycles. The van der Waals surface area contributed by atoms with Gasteiger partial charge in [0, 0.05) is 35.3 Å². The van der Waals surface area contributed by atoms with E-state index in [0.29, 0.717) is 46.4 Å². The zero-order valence-electron chi connectivity index (χ0n) is 32.4. The molecule has 2 aliphatic carbocycles. The topological polar surface area (TPSA) is 138 Å². The molecule has 0 bridgehead atoms. The van der Waals surface area contributed by atoms with Crippen LogP contribution in [0.2, 0.25) is 10.0 Å². The highest BCUT2D eigenvalue weighted by Crippen LogP contribution is 2.65. The van der Waals surface area contributed by atoms with Crippen molar-refractivity contribution in [3.8, 4) is 17.2 Å². The minimum atomic E-state index is -1.65. The smallest absolute Gasteiger partial charge is 0.260 e. The highest BCUT2D eigenvalue weighted by atomic mass is 35.5. The summed E-state index contributed by atoms with van der Waals surface area (Å²) in [6, 6.07) is 24.2. The number of hydrogen-bond donors (Lipinski definition) is 2. The van der Waals surface area contributed by atoms with Crippen LogP contribution in [0.1, 0.15) is 36.8 Å². The Morgan fingerprint density at radius 3 is 2.31 bits per heavy atom. The fraction of sp³-hybridized carbons (Fsp3) is 0.333. The molecule has 0 spiro atoms. The first kappa shape index (κ1) is 38.9. The molecule has 2 N–H and O–H groups in total. The Balaban J connectivity index is 1.19. The molecule has 14 heteroatoms. The first-order chi connectivity index (χ1) is 28.6. The Morgan fingerprint density at radius 2 is 1.61 bits per heavy atom. The molecule has 3 saturated heterocycles. The lowest BCUT2D eigenvalue weighted by Crippen LogP contribution is -2.53. The Labute approximate surface area is 351 Å². The molecule has 0 aromatic heterocycles. The van der Waals surface area contributed by atoms with Gasteiger partial charge in [0.1, 0.15) is 5.75 Å². The van der Waals surface area contributed by atoms with Crippen molar-refractivity contribution in [2.45, 2.75) is 31.1 Å². The van der Waals surface area contributed by atoms with Gasteiger partial charge in [-0.05, 0) is 91.9 Å². The van der Waals surface area contributed by atoms with E-state index in [0.717, 1.165) is 23.8 Å². The van der Waals surface area contributed by atoms with Gasteiger partial charge in [0.05, 0.1) is 66.5 Å². The summed E-state index contributed by atoms with van der Waals surface area (Å²) in [5.41, 5.74) is 4.63. The fourth-order valence-electron chi connectivity index (χ4n) is 10.1. The molecule has 5 aliphatic rings. The Hall–Kier alpha value is -5.56. The molecule has 4 fully saturated rings. The first-order valence-electron chi connectivity index (χ1n) is 19.8. The second kappa shape index (κ2) is 15.2. The van der Waals surface area contributed by atoms with Gasteiger partial charge in [0.15, 0.2) is 11.5 Å². The number of methoxy groups -OCH3 is 1. The summed E-state index contributed by atoms with van der Waals surface area (Å²) in [7, 11) is 1.54. The minimum Gasteiger partial charge on any atom is -0.504 e. The molecule has 304 valence electrons. The number of para-hydroxylation sites is 1. The van der Waals surface area contributed by atoms with Crippen molar-refractivity contribution in [1.29, 1.82) is 0 Å². The Morgan fingerprint density at radius 1 is 0.881 bits per heavy atom. The molecule has 6 unspecified atom stereocenters. The molecule has 0 radical (unpaired) electrons. The van der Waals surface area contributed by atoms with Crippen LogP contribution in [0.4, 0.5) is 17.1 Å². The maximum atomic E-state index is 15.6. The van der Waals surface area contributed by atoms with E-state index < -0.39 is 46.8 Å². The van der Waals surface area contributed by atoms with E-state index in [4.69, 9.17) is 37.4 Å². The number of carbonyl (C=O) groups excluding carboxylic acids is 4. The number of anilines is 3. The SMILES string of the molecule is CCOc1cccc(C2C3=CCC4C(=O)N(c5ccc(N6CCOCC6)cc5)C(=O)C4C3CC3C(=O)N(Nc4ccc(Cl)cc4Cl)C(=O)C32c2ccc(OC)cc2)c1O. The largest absolute Gasteiger partial charge is 0.504 e. The zero-order chi connectivity index (χ0) is 41.2. The number of nitrogens with zero attached hydrogens (tertiary/aromatic N) is 3. The van der Waals surface area contributed by atoms with Gasteiger partial charge in [-0.25, -0.2) is 0 Å². The molecule has 4 aromatic rings. The van der Waals surface area contributed by atoms with E-state index in [1.165, 1.54) is 18.1 Å². The van der Waals surface area contributed by atoms with Crippen molar-refractivity contribution in [3.63, 3.8) is 0 Å². The number of benzene rings is 4. The van der Waals surface area contributed by atoms with Gasteiger partial charge in [-0.15, -0.1) is 0 Å². The number of aromatic hydroxyl groups is 1. The predicted octanol–water partition coefficient (Wildman–Crippen LogP) is 7.13. The first-order valence-corrected chi connectivity index (χ1v) is 20.5. The predicted molar refractivity (Wildman–Crippen MR) is 222 cm³/mol. The highest BCUT2D eigenvalue weighted by Gasteiger charge is 2.70. The van der Waals surface area contributed by atoms with Crippen LogP contribution in [0, 0.1) is 23.7 Å². The quantitative estimate of drug-likeness (QED) is 0.132. The summed E-state index contributed by atoms with van der Waals surface area (Å²) >= 11 is 12.8. The number of hydrazine groups is 1. The zero-order valence-corrected chi connectivity index (χ0v) is 33.9. The van der Waals surface area contributed by atoms with E-state index in [9.17, 15) is 14.7 Å². The fourth-order valence-corrected chi connectivity index (χ4v) is 10.6. The van der Waals surface area contributed by atoms with Crippen LogP contribution in [-0.2, 0) is 29.3 Å². The van der Waals surface area contributed by atoms with Crippen LogP contribution < -0.4 is 24.7 Å². The normalized spacial score (nSPS) is 26.3. The number of ether oxygens (including phenoxy) is 3. The van der Waals surface area contributed by atoms with Crippen molar-refractivity contribution in [1.82, 2.24) is 5.01 Å². The number of fused-ring (bicyclic) bond motifs is 4. The van der Waals surface area contributed by atoms with Crippen molar-refractivity contribution in [2.24, 2.45) is 23.7 Å². The van der Waals surface area contributed by atoms with Gasteiger partial charge in [-0.3, -0.25) is 29.5 Å². The van der Waals surface area contributed by atoms with E-state index in [1.807, 2.05) is 18.2 Å². The van der Waals surface area contributed by atoms with Crippen LogP contribution in [0.15, 0.2) is 96.6 Å². The van der Waals surface area contributed by atoms with Crippen molar-refractivity contribution in [3.05, 3.63) is 118 Å². The number of phenols is 1. The molecule has 12 nitrogen and oxygen atoms in total. The van der Waals surface area contributed by atoms with Crippen molar-refractivity contribution < 1.29 is 38.5 Å². The second-order valence-corrected chi connectivity index (χ2v) is 16.3. The molecule has 9 rings (SSSR count). The minimum absolute atomic E-state index is 0.0708. The van der Waals surface area contributed by atoms with Crippen LogP contribution in [0.25, 0.3) is 0 Å². The van der Waals surface area contributed by atoms with Gasteiger partial charge < -0.3 is 24.2 Å². The summed E-state index contributed by atoms with van der Waals surface area (Å²) in [4.78, 5) is 63.3. The monoisotopic (exact) mass is 836 g/mol. The number of nitrogens with one attached hydrogen (secondary N) is 1. The summed E-state index contributed by atoms with van der Waals surface area (Å²) in [5.74, 6) is -5.43. The van der Waals surface area contributed by atoms with E-state index in [2.05, 4.69) is 10.3 Å². The lowest BCUT2D eigenvalue weighted by Gasteiger charge is -2.50. The van der Waals surface area contributed by atoms with Crippen LogP contribution in [0.3, 0.4) is 0 Å². The number of amides is 4. The van der Waals surface area contributed by atoms with E-state index in [1.54, 1.807) is 73.7 Å². The third-order valence-corrected chi connectivity index (χ3v) is 13.3. The Bertz CT molecular complexity index is 2380. The van der Waals surface area contributed by atoms with Crippen molar-refractivity contribution in [2.75, 3.05) is 55.2 Å². The number of allylic oxidation sites excluding steroid dienone is 2. The second-order valence-electron chi connectivity index (χ2n) is 15.5. The van der Waals surface area contributed by atoms with Gasteiger partial charge in [0.25, 0.3) is 11.8 Å². The highest BCUT2D eigenvalue weighted by molar-refractivity contribution is 6.36. The number of carbonyl (C=O) groups is 4. The standard InChI is InChI=1S/C45H42Cl2N4O8/c1-3-59-37-6-4-5-32(40(37)52)39-30-16-17-31-38(43(55)50(41(31)53)28-12-10-27(11-13-28)49-19-21-58-22-20-49)33(30)24-34-42(54)51(48-36-18-9-26(46)23-35(36)47)44(56)45(34,39)25-7-14-29(57-2)15-8-25/h4-16,18,23,31,33-34,38-39,48,52H,3,17,19-22,24H2,1-2H3. The van der Waals surface area contributed by atoms with Gasteiger partial charge >= 0.3 is 0 Å². The molecule has 4 aromatic carbocycles. The number of phenolic OH excluding ortho intramolecular Hbond substituents is 1. The molecular weight excluding hydrogens is 795 g/mol. The average molecular weight is 838 g/mol. The number of rotatable bonds is 9. The van der Waals surface area contributed by atoms with E-state index in [-0.39, 0.29) is 53.5 Å². The van der Waals surface area contributed by atoms with Gasteiger partial charge in [0.2, 0.25) is 11.8 Å². The van der Waals surface area contributed by atoms with Crippen LogP contribution in [0.5, 0.6) is 17.2 Å².